The van der Waals surface area contributed by atoms with Gasteiger partial charge in [-0.05, 0) is 48.7 Å². The number of rotatable bonds is 3. The Kier molecular flexibility index (Phi) is 4.13. The van der Waals surface area contributed by atoms with Crippen molar-refractivity contribution in [3.63, 3.8) is 0 Å². The third-order valence-corrected chi connectivity index (χ3v) is 4.65. The molecule has 1 saturated heterocycles. The van der Waals surface area contributed by atoms with Crippen molar-refractivity contribution in [3.8, 4) is 5.75 Å². The zero-order chi connectivity index (χ0) is 16.6. The van der Waals surface area contributed by atoms with Crippen LogP contribution in [-0.2, 0) is 4.79 Å². The van der Waals surface area contributed by atoms with Gasteiger partial charge in [-0.1, -0.05) is 30.3 Å². The van der Waals surface area contributed by atoms with Crippen LogP contribution in [0.3, 0.4) is 0 Å². The van der Waals surface area contributed by atoms with Crippen molar-refractivity contribution in [1.29, 1.82) is 0 Å². The van der Waals surface area contributed by atoms with Gasteiger partial charge in [0.25, 0.3) is 11.1 Å². The van der Waals surface area contributed by atoms with Crippen molar-refractivity contribution >= 4 is 39.8 Å². The third-order valence-electron chi connectivity index (χ3n) is 3.76. The summed E-state index contributed by atoms with van der Waals surface area (Å²) in [6, 6.07) is 11.5. The molecule has 1 aliphatic heterocycles. The van der Waals surface area contributed by atoms with Crippen molar-refractivity contribution in [2.45, 2.75) is 19.9 Å². The summed E-state index contributed by atoms with van der Waals surface area (Å²) in [4.78, 5) is 26.2. The van der Waals surface area contributed by atoms with E-state index in [1.54, 1.807) is 13.2 Å². The Morgan fingerprint density at radius 3 is 2.39 bits per heavy atom. The van der Waals surface area contributed by atoms with E-state index in [0.29, 0.717) is 4.91 Å². The number of hydrogen-bond donors (Lipinski definition) is 0. The number of carbonyl (C=O) groups excluding carboxylic acids is 2. The molecule has 0 unspecified atom stereocenters. The Morgan fingerprint density at radius 1 is 1.09 bits per heavy atom. The molecule has 2 amide bonds. The maximum absolute atomic E-state index is 12.4. The van der Waals surface area contributed by atoms with E-state index in [9.17, 15) is 9.59 Å². The summed E-state index contributed by atoms with van der Waals surface area (Å²) < 4.78 is 5.38. The summed E-state index contributed by atoms with van der Waals surface area (Å²) in [7, 11) is 1.63. The first-order chi connectivity index (χ1) is 11.0. The van der Waals surface area contributed by atoms with Gasteiger partial charge in [0.15, 0.2) is 0 Å². The van der Waals surface area contributed by atoms with Crippen LogP contribution in [0, 0.1) is 0 Å². The lowest BCUT2D eigenvalue weighted by Gasteiger charge is -2.16. The zero-order valence-electron chi connectivity index (χ0n) is 13.2. The molecule has 0 radical (unpaired) electrons. The molecule has 1 fully saturated rings. The number of nitrogens with zero attached hydrogens (tertiary/aromatic N) is 1. The zero-order valence-corrected chi connectivity index (χ0v) is 14.0. The van der Waals surface area contributed by atoms with Crippen LogP contribution >= 0.6 is 11.8 Å². The molecule has 0 saturated carbocycles. The van der Waals surface area contributed by atoms with Gasteiger partial charge in [0.1, 0.15) is 5.75 Å². The number of carbonyl (C=O) groups is 2. The molecule has 2 aromatic carbocycles. The van der Waals surface area contributed by atoms with Crippen LogP contribution in [0.4, 0.5) is 4.79 Å². The molecule has 5 heteroatoms. The molecule has 0 aliphatic carbocycles. The van der Waals surface area contributed by atoms with Crippen molar-refractivity contribution in [3.05, 3.63) is 46.9 Å². The van der Waals surface area contributed by atoms with Gasteiger partial charge in [-0.15, -0.1) is 0 Å². The van der Waals surface area contributed by atoms with E-state index in [0.717, 1.165) is 33.8 Å². The third kappa shape index (κ3) is 2.72. The number of ether oxygens (including phenoxy) is 1. The number of imide groups is 1. The largest absolute Gasteiger partial charge is 0.496 e. The lowest BCUT2D eigenvalue weighted by Crippen LogP contribution is -2.34. The van der Waals surface area contributed by atoms with Crippen LogP contribution < -0.4 is 4.74 Å². The molecule has 1 heterocycles. The van der Waals surface area contributed by atoms with E-state index in [1.807, 2.05) is 50.2 Å². The second-order valence-corrected chi connectivity index (χ2v) is 6.54. The van der Waals surface area contributed by atoms with Crippen molar-refractivity contribution < 1.29 is 14.3 Å². The van der Waals surface area contributed by atoms with Crippen LogP contribution in [0.25, 0.3) is 16.8 Å². The molecular weight excluding hydrogens is 310 g/mol. The molecule has 4 nitrogen and oxygen atoms in total. The number of thioether (sulfide) groups is 1. The van der Waals surface area contributed by atoms with Crippen LogP contribution in [0.2, 0.25) is 0 Å². The topological polar surface area (TPSA) is 46.6 Å². The molecule has 23 heavy (non-hydrogen) atoms. The van der Waals surface area contributed by atoms with Gasteiger partial charge in [-0.3, -0.25) is 14.5 Å². The lowest BCUT2D eigenvalue weighted by molar-refractivity contribution is -0.123. The Morgan fingerprint density at radius 2 is 1.78 bits per heavy atom. The molecule has 0 atom stereocenters. The monoisotopic (exact) mass is 327 g/mol. The predicted molar refractivity (Wildman–Crippen MR) is 93.4 cm³/mol. The second-order valence-electron chi connectivity index (χ2n) is 5.55. The fourth-order valence-electron chi connectivity index (χ4n) is 2.66. The van der Waals surface area contributed by atoms with Crippen LogP contribution in [-0.4, -0.2) is 29.2 Å². The number of methoxy groups -OCH3 is 1. The van der Waals surface area contributed by atoms with Crippen LogP contribution in [0.1, 0.15) is 19.4 Å². The summed E-state index contributed by atoms with van der Waals surface area (Å²) in [5, 5.41) is 1.75. The summed E-state index contributed by atoms with van der Waals surface area (Å²) in [6.45, 7) is 3.67. The van der Waals surface area contributed by atoms with E-state index >= 15 is 0 Å². The minimum atomic E-state index is -0.227. The van der Waals surface area contributed by atoms with Crippen LogP contribution in [0.5, 0.6) is 5.75 Å². The molecule has 0 N–H and O–H groups in total. The SMILES string of the molecule is COc1ccc(/C=C2/SC(=O)N(C(C)C)C2=O)c2ccccc12. The van der Waals surface area contributed by atoms with Crippen molar-refractivity contribution in [2.75, 3.05) is 7.11 Å². The summed E-state index contributed by atoms with van der Waals surface area (Å²) in [5.74, 6) is 0.558. The quantitative estimate of drug-likeness (QED) is 0.789. The Hall–Kier alpha value is -2.27. The van der Waals surface area contributed by atoms with Gasteiger partial charge in [-0.2, -0.15) is 0 Å². The van der Waals surface area contributed by atoms with E-state index < -0.39 is 0 Å². The molecule has 0 aromatic heterocycles. The minimum absolute atomic E-state index is 0.138. The molecule has 118 valence electrons. The lowest BCUT2D eigenvalue weighted by atomic mass is 10.0. The van der Waals surface area contributed by atoms with E-state index in [1.165, 1.54) is 4.90 Å². The Bertz CT molecular complexity index is 826. The normalized spacial score (nSPS) is 16.9. The summed E-state index contributed by atoms with van der Waals surface area (Å²) in [6.07, 6.45) is 1.79. The first kappa shape index (κ1) is 15.6. The van der Waals surface area contributed by atoms with E-state index in [-0.39, 0.29) is 17.2 Å². The van der Waals surface area contributed by atoms with Crippen LogP contribution in [0.15, 0.2) is 41.3 Å². The number of fused-ring (bicyclic) bond motifs is 1. The molecule has 3 rings (SSSR count). The first-order valence-electron chi connectivity index (χ1n) is 7.35. The van der Waals surface area contributed by atoms with Gasteiger partial charge < -0.3 is 4.74 Å². The highest BCUT2D eigenvalue weighted by molar-refractivity contribution is 8.18. The molecular formula is C18H17NO3S. The summed E-state index contributed by atoms with van der Waals surface area (Å²) >= 11 is 0.991. The molecule has 2 aromatic rings. The fourth-order valence-corrected chi connectivity index (χ4v) is 3.62. The number of amides is 2. The van der Waals surface area contributed by atoms with Gasteiger partial charge in [0.2, 0.25) is 0 Å². The molecule has 0 bridgehead atoms. The predicted octanol–water partition coefficient (Wildman–Crippen LogP) is 4.29. The van der Waals surface area contributed by atoms with Crippen molar-refractivity contribution in [2.24, 2.45) is 0 Å². The number of hydrogen-bond acceptors (Lipinski definition) is 4. The highest BCUT2D eigenvalue weighted by atomic mass is 32.2. The molecule has 1 aliphatic rings. The highest BCUT2D eigenvalue weighted by Crippen LogP contribution is 2.36. The van der Waals surface area contributed by atoms with Gasteiger partial charge >= 0.3 is 0 Å². The maximum atomic E-state index is 12.4. The highest BCUT2D eigenvalue weighted by Gasteiger charge is 2.36. The Balaban J connectivity index is 2.09. The van der Waals surface area contributed by atoms with E-state index in [2.05, 4.69) is 0 Å². The number of benzene rings is 2. The average Bonchev–Trinajstić information content (AvgIpc) is 2.81. The standard InChI is InChI=1S/C18H17NO3S/c1-11(2)19-17(20)16(23-18(19)21)10-12-8-9-15(22-3)14-7-5-4-6-13(12)14/h4-11H,1-3H3/b16-10+. The first-order valence-corrected chi connectivity index (χ1v) is 8.17. The van der Waals surface area contributed by atoms with Gasteiger partial charge in [0, 0.05) is 11.4 Å². The average molecular weight is 327 g/mol. The summed E-state index contributed by atoms with van der Waals surface area (Å²) in [5.41, 5.74) is 0.899. The van der Waals surface area contributed by atoms with Crippen molar-refractivity contribution in [1.82, 2.24) is 4.90 Å². The second kappa shape index (κ2) is 6.08. The maximum Gasteiger partial charge on any atom is 0.293 e. The smallest absolute Gasteiger partial charge is 0.293 e. The van der Waals surface area contributed by atoms with Gasteiger partial charge in [-0.25, -0.2) is 0 Å². The fraction of sp³-hybridized carbons (Fsp3) is 0.222. The van der Waals surface area contributed by atoms with Gasteiger partial charge in [0.05, 0.1) is 12.0 Å². The van der Waals surface area contributed by atoms with E-state index in [4.69, 9.17) is 4.74 Å². The molecule has 0 spiro atoms. The Labute approximate surface area is 139 Å². The minimum Gasteiger partial charge on any atom is -0.496 e.